The summed E-state index contributed by atoms with van der Waals surface area (Å²) in [6.45, 7) is 0. The van der Waals surface area contributed by atoms with Gasteiger partial charge in [0.25, 0.3) is 0 Å². The maximum absolute atomic E-state index is 13.2. The Kier molecular flexibility index (Phi) is 8.39. The Morgan fingerprint density at radius 2 is 1.41 bits per heavy atom. The number of benzene rings is 3. The van der Waals surface area contributed by atoms with Crippen LogP contribution >= 0.6 is 0 Å². The van der Waals surface area contributed by atoms with Gasteiger partial charge in [-0.05, 0) is 48.0 Å². The highest BCUT2D eigenvalue weighted by atomic mass is 16.5. The maximum Gasteiger partial charge on any atom is 0.355 e. The second kappa shape index (κ2) is 12.1. The van der Waals surface area contributed by atoms with Crippen molar-refractivity contribution in [3.05, 3.63) is 112 Å². The fraction of sp³-hybridized carbons (Fsp3) is 0.161. The molecule has 3 aromatic rings. The number of ether oxygens (including phenoxy) is 4. The van der Waals surface area contributed by atoms with Crippen LogP contribution in [0, 0.1) is 11.3 Å². The first-order valence-electron chi connectivity index (χ1n) is 12.3. The van der Waals surface area contributed by atoms with E-state index in [1.807, 2.05) is 0 Å². The van der Waals surface area contributed by atoms with E-state index < -0.39 is 17.9 Å². The molecule has 0 amide bonds. The Morgan fingerprint density at radius 3 is 1.98 bits per heavy atom. The van der Waals surface area contributed by atoms with Crippen molar-refractivity contribution in [2.75, 3.05) is 33.3 Å². The molecule has 0 saturated carbocycles. The Labute approximate surface area is 236 Å². The van der Waals surface area contributed by atoms with Gasteiger partial charge in [-0.3, -0.25) is 9.69 Å². The van der Waals surface area contributed by atoms with Gasteiger partial charge in [0.15, 0.2) is 17.3 Å². The van der Waals surface area contributed by atoms with Crippen molar-refractivity contribution in [2.24, 2.45) is 5.73 Å². The molecule has 41 heavy (non-hydrogen) atoms. The number of nitrogens with zero attached hydrogens (tertiary/aromatic N) is 2. The van der Waals surface area contributed by atoms with E-state index in [9.17, 15) is 19.6 Å². The van der Waals surface area contributed by atoms with Crippen LogP contribution in [0.4, 0.5) is 5.69 Å². The molecule has 208 valence electrons. The quantitative estimate of drug-likeness (QED) is 0.323. The average Bonchev–Trinajstić information content (AvgIpc) is 3.03. The molecule has 0 fully saturated rings. The highest BCUT2D eigenvalue weighted by Gasteiger charge is 2.43. The van der Waals surface area contributed by atoms with Gasteiger partial charge in [0.1, 0.15) is 11.5 Å². The molecule has 10 heteroatoms. The van der Waals surface area contributed by atoms with Crippen LogP contribution in [0.25, 0.3) is 0 Å². The minimum atomic E-state index is -0.982. The number of nitrogens with two attached hydrogens (primary N) is 1. The monoisotopic (exact) mass is 553 g/mol. The van der Waals surface area contributed by atoms with Crippen molar-refractivity contribution < 1.29 is 33.3 Å². The molecular weight excluding hydrogens is 526 g/mol. The summed E-state index contributed by atoms with van der Waals surface area (Å²) in [7, 11) is 5.33. The smallest absolute Gasteiger partial charge is 0.355 e. The van der Waals surface area contributed by atoms with E-state index in [2.05, 4.69) is 6.07 Å². The normalized spacial score (nSPS) is 14.7. The van der Waals surface area contributed by atoms with E-state index in [4.69, 9.17) is 24.7 Å². The number of methoxy groups -OCH3 is 4. The van der Waals surface area contributed by atoms with Crippen LogP contribution in [0.1, 0.15) is 27.4 Å². The van der Waals surface area contributed by atoms with Gasteiger partial charge in [-0.15, -0.1) is 0 Å². The zero-order valence-corrected chi connectivity index (χ0v) is 22.8. The van der Waals surface area contributed by atoms with Crippen molar-refractivity contribution in [3.63, 3.8) is 0 Å². The number of carbonyl (C=O) groups excluding carboxylic acids is 3. The molecule has 1 unspecified atom stereocenters. The molecule has 1 atom stereocenters. The Hall–Kier alpha value is -5.56. The second-order valence-corrected chi connectivity index (χ2v) is 8.78. The summed E-state index contributed by atoms with van der Waals surface area (Å²) < 4.78 is 20.6. The lowest BCUT2D eigenvalue weighted by Gasteiger charge is -2.35. The molecule has 0 saturated heterocycles. The van der Waals surface area contributed by atoms with Crippen LogP contribution in [0.2, 0.25) is 0 Å². The zero-order valence-electron chi connectivity index (χ0n) is 22.8. The summed E-state index contributed by atoms with van der Waals surface area (Å²) in [5, 5.41) is 10.2. The lowest BCUT2D eigenvalue weighted by atomic mass is 9.81. The van der Waals surface area contributed by atoms with Crippen molar-refractivity contribution in [1.82, 2.24) is 0 Å². The van der Waals surface area contributed by atoms with Gasteiger partial charge < -0.3 is 24.7 Å². The number of hydrogen-bond donors (Lipinski definition) is 1. The predicted molar refractivity (Wildman–Crippen MR) is 149 cm³/mol. The summed E-state index contributed by atoms with van der Waals surface area (Å²) in [5.74, 6) is -2.15. The van der Waals surface area contributed by atoms with Gasteiger partial charge in [0, 0.05) is 16.8 Å². The van der Waals surface area contributed by atoms with Gasteiger partial charge in [0.05, 0.1) is 51.6 Å². The zero-order chi connectivity index (χ0) is 29.7. The van der Waals surface area contributed by atoms with Crippen molar-refractivity contribution >= 4 is 23.4 Å². The van der Waals surface area contributed by atoms with Crippen molar-refractivity contribution in [3.8, 4) is 17.6 Å². The molecule has 0 aliphatic carbocycles. The lowest BCUT2D eigenvalue weighted by Crippen LogP contribution is -2.40. The fourth-order valence-corrected chi connectivity index (χ4v) is 4.69. The van der Waals surface area contributed by atoms with E-state index in [0.29, 0.717) is 33.9 Å². The average molecular weight is 554 g/mol. The molecule has 0 spiro atoms. The van der Waals surface area contributed by atoms with Crippen LogP contribution in [-0.2, 0) is 19.1 Å². The molecule has 1 heterocycles. The van der Waals surface area contributed by atoms with Crippen molar-refractivity contribution in [1.29, 1.82) is 5.26 Å². The third-order valence-electron chi connectivity index (χ3n) is 6.64. The largest absolute Gasteiger partial charge is 0.493 e. The number of hydrogen-bond acceptors (Lipinski definition) is 10. The fourth-order valence-electron chi connectivity index (χ4n) is 4.69. The molecule has 1 aliphatic rings. The van der Waals surface area contributed by atoms with Crippen LogP contribution in [0.15, 0.2) is 95.5 Å². The molecule has 3 aromatic carbocycles. The molecule has 0 bridgehead atoms. The molecule has 1 aliphatic heterocycles. The number of allylic oxidation sites excluding steroid dienone is 1. The number of esters is 2. The van der Waals surface area contributed by atoms with Crippen LogP contribution in [0.3, 0.4) is 0 Å². The number of ketones is 1. The van der Waals surface area contributed by atoms with E-state index in [1.54, 1.807) is 72.8 Å². The van der Waals surface area contributed by atoms with E-state index >= 15 is 0 Å². The number of anilines is 1. The number of rotatable bonds is 8. The Bertz CT molecular complexity index is 1600. The SMILES string of the molecule is COC(=O)C1=C(C(=O)OC)N(c2ccc(C(=O)c3ccc(OC)c(OC)c3)cc2)C(N)=C(C#N)C1c1ccccc1. The van der Waals surface area contributed by atoms with Gasteiger partial charge in [-0.2, -0.15) is 5.26 Å². The summed E-state index contributed by atoms with van der Waals surface area (Å²) in [6, 6.07) is 21.8. The summed E-state index contributed by atoms with van der Waals surface area (Å²) in [6.07, 6.45) is 0. The topological polar surface area (TPSA) is 141 Å². The predicted octanol–water partition coefficient (Wildman–Crippen LogP) is 3.83. The van der Waals surface area contributed by atoms with Crippen LogP contribution in [0.5, 0.6) is 11.5 Å². The standard InChI is InChI=1S/C31H27N3O7/c1-38-23-15-12-20(16-24(23)39-2)28(35)19-10-13-21(14-11-19)34-27(31(37)41-4)26(30(36)40-3)25(22(17-32)29(34)33)18-8-6-5-7-9-18/h5-16,25H,33H2,1-4H3. The first-order chi connectivity index (χ1) is 19.8. The summed E-state index contributed by atoms with van der Waals surface area (Å²) >= 11 is 0. The van der Waals surface area contributed by atoms with E-state index in [1.165, 1.54) is 33.3 Å². The summed E-state index contributed by atoms with van der Waals surface area (Å²) in [4.78, 5) is 40.9. The molecule has 4 rings (SSSR count). The molecular formula is C31H27N3O7. The third kappa shape index (κ3) is 5.21. The van der Waals surface area contributed by atoms with Crippen molar-refractivity contribution in [2.45, 2.75) is 5.92 Å². The molecule has 2 N–H and O–H groups in total. The molecule has 0 aromatic heterocycles. The molecule has 10 nitrogen and oxygen atoms in total. The summed E-state index contributed by atoms with van der Waals surface area (Å²) in [5.41, 5.74) is 7.82. The second-order valence-electron chi connectivity index (χ2n) is 8.78. The van der Waals surface area contributed by atoms with Gasteiger partial charge in [0.2, 0.25) is 0 Å². The molecule has 0 radical (unpaired) electrons. The number of carbonyl (C=O) groups is 3. The van der Waals surface area contributed by atoms with E-state index in [-0.39, 0.29) is 28.4 Å². The lowest BCUT2D eigenvalue weighted by molar-refractivity contribution is -0.139. The van der Waals surface area contributed by atoms with Gasteiger partial charge >= 0.3 is 11.9 Å². The maximum atomic E-state index is 13.2. The van der Waals surface area contributed by atoms with Crippen LogP contribution < -0.4 is 20.1 Å². The Balaban J connectivity index is 1.85. The first-order valence-corrected chi connectivity index (χ1v) is 12.3. The van der Waals surface area contributed by atoms with Gasteiger partial charge in [-0.25, -0.2) is 9.59 Å². The number of nitriles is 1. The van der Waals surface area contributed by atoms with Crippen LogP contribution in [-0.4, -0.2) is 46.2 Å². The highest BCUT2D eigenvalue weighted by molar-refractivity contribution is 6.10. The minimum absolute atomic E-state index is 0.0368. The third-order valence-corrected chi connectivity index (χ3v) is 6.64. The minimum Gasteiger partial charge on any atom is -0.493 e. The van der Waals surface area contributed by atoms with E-state index in [0.717, 1.165) is 0 Å². The first kappa shape index (κ1) is 28.4. The van der Waals surface area contributed by atoms with Gasteiger partial charge in [-0.1, -0.05) is 30.3 Å². The highest BCUT2D eigenvalue weighted by Crippen LogP contribution is 2.43. The Morgan fingerprint density at radius 1 is 0.805 bits per heavy atom.